The maximum absolute atomic E-state index is 12.3. The van der Waals surface area contributed by atoms with Gasteiger partial charge in [-0.3, -0.25) is 15.0 Å². The Kier molecular flexibility index (Phi) is 8.15. The number of aryl methyl sites for hydroxylation is 1. The number of aromatic nitrogens is 1. The number of nitrogens with zero attached hydrogens (tertiary/aromatic N) is 6. The van der Waals surface area contributed by atoms with Crippen molar-refractivity contribution in [3.8, 4) is 0 Å². The predicted molar refractivity (Wildman–Crippen MR) is 138 cm³/mol. The molecule has 10 heteroatoms. The van der Waals surface area contributed by atoms with Gasteiger partial charge in [0.25, 0.3) is 0 Å². The summed E-state index contributed by atoms with van der Waals surface area (Å²) < 4.78 is 0. The lowest BCUT2D eigenvalue weighted by atomic mass is 10.1. The molecule has 2 aliphatic heterocycles. The number of hydrogen-bond donors (Lipinski definition) is 2. The van der Waals surface area contributed by atoms with E-state index in [4.69, 9.17) is 4.98 Å². The normalized spacial score (nSPS) is 18.1. The van der Waals surface area contributed by atoms with Gasteiger partial charge in [-0.1, -0.05) is 11.6 Å². The van der Waals surface area contributed by atoms with Gasteiger partial charge in [0.15, 0.2) is 0 Å². The fourth-order valence-electron chi connectivity index (χ4n) is 4.68. The lowest BCUT2D eigenvalue weighted by molar-refractivity contribution is -0.383. The van der Waals surface area contributed by atoms with Gasteiger partial charge in [0.2, 0.25) is 5.82 Å². The minimum absolute atomic E-state index is 0.0890. The molecule has 1 aromatic carbocycles. The molecule has 0 spiro atoms. The molecule has 4 rings (SSSR count). The lowest BCUT2D eigenvalue weighted by Gasteiger charge is -2.33. The second kappa shape index (κ2) is 11.3. The molecular formula is C24H38N8O2. The maximum Gasteiger partial charge on any atom is 0.335 e. The van der Waals surface area contributed by atoms with Crippen LogP contribution in [-0.4, -0.2) is 117 Å². The van der Waals surface area contributed by atoms with Gasteiger partial charge in [0.1, 0.15) is 5.69 Å². The van der Waals surface area contributed by atoms with Crippen molar-refractivity contribution in [2.75, 3.05) is 103 Å². The van der Waals surface area contributed by atoms with E-state index in [2.05, 4.69) is 44.3 Å². The monoisotopic (exact) mass is 470 g/mol. The van der Waals surface area contributed by atoms with Crippen LogP contribution in [-0.2, 0) is 0 Å². The van der Waals surface area contributed by atoms with E-state index in [1.165, 1.54) is 0 Å². The molecule has 0 saturated carbocycles. The van der Waals surface area contributed by atoms with Crippen LogP contribution in [0.15, 0.2) is 18.2 Å². The van der Waals surface area contributed by atoms with Gasteiger partial charge in [0.05, 0.1) is 10.4 Å². The van der Waals surface area contributed by atoms with E-state index in [9.17, 15) is 10.1 Å². The summed E-state index contributed by atoms with van der Waals surface area (Å²) in [5.74, 6) is 0.476. The van der Waals surface area contributed by atoms with Crippen molar-refractivity contribution in [2.45, 2.75) is 6.92 Å². The molecular weight excluding hydrogens is 432 g/mol. The van der Waals surface area contributed by atoms with Gasteiger partial charge in [0, 0.05) is 83.9 Å². The Morgan fingerprint density at radius 1 is 1.15 bits per heavy atom. The summed E-state index contributed by atoms with van der Waals surface area (Å²) in [6, 6.07) is 5.99. The van der Waals surface area contributed by atoms with Crippen molar-refractivity contribution in [1.82, 2.24) is 25.0 Å². The summed E-state index contributed by atoms with van der Waals surface area (Å²) in [4.78, 5) is 25.9. The Morgan fingerprint density at radius 3 is 2.59 bits per heavy atom. The number of likely N-dealkylation sites (N-methyl/N-ethyl adjacent to an activating group) is 2. The third-order valence-corrected chi connectivity index (χ3v) is 6.88. The summed E-state index contributed by atoms with van der Waals surface area (Å²) in [6.45, 7) is 13.0. The smallest absolute Gasteiger partial charge is 0.335 e. The van der Waals surface area contributed by atoms with Crippen LogP contribution < -0.4 is 15.5 Å². The zero-order valence-corrected chi connectivity index (χ0v) is 20.7. The Morgan fingerprint density at radius 2 is 1.88 bits per heavy atom. The lowest BCUT2D eigenvalue weighted by Crippen LogP contribution is -2.46. The van der Waals surface area contributed by atoms with Gasteiger partial charge >= 0.3 is 5.69 Å². The molecule has 0 bridgehead atoms. The second-order valence-electron chi connectivity index (χ2n) is 9.55. The molecule has 0 radical (unpaired) electrons. The molecule has 2 aromatic rings. The average molecular weight is 471 g/mol. The van der Waals surface area contributed by atoms with Crippen molar-refractivity contribution >= 4 is 28.1 Å². The van der Waals surface area contributed by atoms with Crippen LogP contribution in [0.5, 0.6) is 0 Å². The number of piperazine rings is 2. The first-order chi connectivity index (χ1) is 16.4. The first-order valence-electron chi connectivity index (χ1n) is 12.3. The molecule has 2 aliphatic rings. The fraction of sp³-hybridized carbons (Fsp3) is 0.625. The van der Waals surface area contributed by atoms with E-state index in [1.54, 1.807) is 0 Å². The molecule has 1 aromatic heterocycles. The zero-order chi connectivity index (χ0) is 24.1. The van der Waals surface area contributed by atoms with Crippen LogP contribution >= 0.6 is 0 Å². The number of pyridine rings is 1. The summed E-state index contributed by atoms with van der Waals surface area (Å²) in [5.41, 5.74) is 2.53. The number of nitrogens with one attached hydrogen (secondary N) is 2. The minimum Gasteiger partial charge on any atom is -0.378 e. The Hall–Kier alpha value is -2.53. The van der Waals surface area contributed by atoms with E-state index in [1.807, 2.05) is 25.1 Å². The zero-order valence-electron chi connectivity index (χ0n) is 20.7. The van der Waals surface area contributed by atoms with E-state index in [0.717, 1.165) is 88.5 Å². The van der Waals surface area contributed by atoms with Crippen LogP contribution in [0.2, 0.25) is 0 Å². The molecule has 3 heterocycles. The van der Waals surface area contributed by atoms with Crippen LogP contribution in [0.25, 0.3) is 10.9 Å². The number of hydrogen-bond acceptors (Lipinski definition) is 9. The summed E-state index contributed by atoms with van der Waals surface area (Å²) in [6.07, 6.45) is 0. The highest BCUT2D eigenvalue weighted by atomic mass is 16.6. The second-order valence-corrected chi connectivity index (χ2v) is 9.55. The summed E-state index contributed by atoms with van der Waals surface area (Å²) in [7, 11) is 4.19. The first kappa shape index (κ1) is 24.6. The average Bonchev–Trinajstić information content (AvgIpc) is 2.83. The van der Waals surface area contributed by atoms with E-state index >= 15 is 0 Å². The van der Waals surface area contributed by atoms with Crippen molar-refractivity contribution in [3.63, 3.8) is 0 Å². The SMILES string of the molecule is Cc1ccc2nc(N3CCN(C)CC3)c([N+](=O)[O-])c(NCCN(C)CCN3CCNCC3)c2c1. The Balaban J connectivity index is 1.52. The quantitative estimate of drug-likeness (QED) is 0.417. The molecule has 0 atom stereocenters. The topological polar surface area (TPSA) is 93.0 Å². The van der Waals surface area contributed by atoms with Crippen molar-refractivity contribution in [1.29, 1.82) is 0 Å². The number of rotatable bonds is 9. The van der Waals surface area contributed by atoms with Crippen LogP contribution in [0, 0.1) is 17.0 Å². The van der Waals surface area contributed by atoms with Crippen molar-refractivity contribution in [2.24, 2.45) is 0 Å². The summed E-state index contributed by atoms with van der Waals surface area (Å²) in [5, 5.41) is 20.0. The Bertz CT molecular complexity index is 987. The van der Waals surface area contributed by atoms with Crippen LogP contribution in [0.1, 0.15) is 5.56 Å². The van der Waals surface area contributed by atoms with E-state index in [0.29, 0.717) is 18.1 Å². The van der Waals surface area contributed by atoms with Crippen molar-refractivity contribution < 1.29 is 4.92 Å². The minimum atomic E-state index is -0.265. The third-order valence-electron chi connectivity index (χ3n) is 6.88. The highest BCUT2D eigenvalue weighted by Crippen LogP contribution is 2.40. The molecule has 2 N–H and O–H groups in total. The van der Waals surface area contributed by atoms with Gasteiger partial charge in [-0.05, 0) is 33.2 Å². The highest BCUT2D eigenvalue weighted by molar-refractivity contribution is 6.00. The molecule has 0 amide bonds. The number of anilines is 2. The van der Waals surface area contributed by atoms with Gasteiger partial charge < -0.3 is 25.3 Å². The van der Waals surface area contributed by atoms with Gasteiger partial charge in [-0.15, -0.1) is 0 Å². The number of fused-ring (bicyclic) bond motifs is 1. The standard InChI is InChI=1S/C24H38N8O2/c1-19-4-5-21-20(18-19)22(26-8-9-28(2)12-15-30-10-6-25-7-11-30)23(32(33)34)24(27-21)31-16-13-29(3)14-17-31/h4-5,18,25H,6-17H2,1-3H3,(H,26,27). The number of nitro groups is 1. The Labute approximate surface area is 202 Å². The molecule has 186 valence electrons. The molecule has 0 unspecified atom stereocenters. The first-order valence-corrected chi connectivity index (χ1v) is 12.3. The van der Waals surface area contributed by atoms with Crippen LogP contribution in [0.4, 0.5) is 17.2 Å². The van der Waals surface area contributed by atoms with E-state index < -0.39 is 0 Å². The summed E-state index contributed by atoms with van der Waals surface area (Å²) >= 11 is 0. The predicted octanol–water partition coefficient (Wildman–Crippen LogP) is 1.45. The molecule has 0 aliphatic carbocycles. The molecule has 2 saturated heterocycles. The molecule has 2 fully saturated rings. The molecule has 10 nitrogen and oxygen atoms in total. The van der Waals surface area contributed by atoms with Gasteiger partial charge in [-0.2, -0.15) is 0 Å². The third kappa shape index (κ3) is 5.93. The largest absolute Gasteiger partial charge is 0.378 e. The maximum atomic E-state index is 12.3. The van der Waals surface area contributed by atoms with E-state index in [-0.39, 0.29) is 10.6 Å². The van der Waals surface area contributed by atoms with Gasteiger partial charge in [-0.25, -0.2) is 4.98 Å². The fourth-order valence-corrected chi connectivity index (χ4v) is 4.68. The highest BCUT2D eigenvalue weighted by Gasteiger charge is 2.30. The number of benzene rings is 1. The van der Waals surface area contributed by atoms with Crippen LogP contribution in [0.3, 0.4) is 0 Å². The van der Waals surface area contributed by atoms with Crippen molar-refractivity contribution in [3.05, 3.63) is 33.9 Å². The molecule has 34 heavy (non-hydrogen) atoms.